The van der Waals surface area contributed by atoms with Crippen LogP contribution in [0.4, 0.5) is 4.79 Å². The number of ether oxygens (including phenoxy) is 2. The molecule has 6 nitrogen and oxygen atoms in total. The van der Waals surface area contributed by atoms with Gasteiger partial charge in [-0.1, -0.05) is 48.5 Å². The summed E-state index contributed by atoms with van der Waals surface area (Å²) in [6.07, 6.45) is -0.783. The lowest BCUT2D eigenvalue weighted by Gasteiger charge is -2.37. The van der Waals surface area contributed by atoms with Crippen molar-refractivity contribution in [1.29, 1.82) is 0 Å². The highest BCUT2D eigenvalue weighted by Gasteiger charge is 2.41. The lowest BCUT2D eigenvalue weighted by Crippen LogP contribution is -2.57. The Hall–Kier alpha value is -2.86. The maximum absolute atomic E-state index is 12.5. The molecule has 0 heterocycles. The van der Waals surface area contributed by atoms with Crippen molar-refractivity contribution in [2.45, 2.75) is 57.8 Å². The third kappa shape index (κ3) is 4.65. The first-order valence-electron chi connectivity index (χ1n) is 10.0. The standard InChI is InChI=1S/C24H29NO5/c1-23(2,3)30-24(4,5)20(21(26)27)25-22(28)29-14-19-17-12-8-6-10-15(17)16-11-7-9-13-18(16)19/h6-13,19-20H,14H2,1-5H3,(H,25,28)(H,26,27)/t20-/m1/s1. The van der Waals surface area contributed by atoms with Crippen LogP contribution in [-0.2, 0) is 14.3 Å². The van der Waals surface area contributed by atoms with Gasteiger partial charge in [-0.15, -0.1) is 0 Å². The Balaban J connectivity index is 1.72. The Labute approximate surface area is 177 Å². The molecule has 1 amide bonds. The van der Waals surface area contributed by atoms with Gasteiger partial charge < -0.3 is 19.9 Å². The van der Waals surface area contributed by atoms with Gasteiger partial charge in [-0.2, -0.15) is 0 Å². The Morgan fingerprint density at radius 1 is 0.967 bits per heavy atom. The normalized spacial score (nSPS) is 14.6. The minimum Gasteiger partial charge on any atom is -0.480 e. The first kappa shape index (κ1) is 21.8. The van der Waals surface area contributed by atoms with Gasteiger partial charge in [-0.3, -0.25) is 0 Å². The largest absolute Gasteiger partial charge is 0.480 e. The van der Waals surface area contributed by atoms with Crippen LogP contribution in [0, 0.1) is 0 Å². The molecule has 0 radical (unpaired) electrons. The number of amides is 1. The van der Waals surface area contributed by atoms with Crippen LogP contribution in [0.5, 0.6) is 0 Å². The summed E-state index contributed by atoms with van der Waals surface area (Å²) < 4.78 is 11.3. The topological polar surface area (TPSA) is 84.9 Å². The van der Waals surface area contributed by atoms with E-state index in [1.54, 1.807) is 13.8 Å². The highest BCUT2D eigenvalue weighted by molar-refractivity contribution is 5.82. The van der Waals surface area contributed by atoms with E-state index in [1.807, 2.05) is 57.2 Å². The number of hydrogen-bond acceptors (Lipinski definition) is 4. The quantitative estimate of drug-likeness (QED) is 0.727. The number of carboxylic acids is 1. The zero-order valence-corrected chi connectivity index (χ0v) is 18.1. The summed E-state index contributed by atoms with van der Waals surface area (Å²) in [7, 11) is 0. The minimum absolute atomic E-state index is 0.0923. The molecule has 0 saturated carbocycles. The van der Waals surface area contributed by atoms with Gasteiger partial charge >= 0.3 is 12.1 Å². The van der Waals surface area contributed by atoms with Crippen LogP contribution in [0.2, 0.25) is 0 Å². The molecule has 160 valence electrons. The van der Waals surface area contributed by atoms with Crippen LogP contribution in [-0.4, -0.2) is 41.0 Å². The number of hydrogen-bond donors (Lipinski definition) is 2. The molecule has 6 heteroatoms. The fourth-order valence-electron chi connectivity index (χ4n) is 4.14. The van der Waals surface area contributed by atoms with Crippen LogP contribution >= 0.6 is 0 Å². The zero-order valence-electron chi connectivity index (χ0n) is 18.1. The van der Waals surface area contributed by atoms with Gasteiger partial charge in [0, 0.05) is 5.92 Å². The van der Waals surface area contributed by atoms with Crippen molar-refractivity contribution in [3.8, 4) is 11.1 Å². The summed E-state index contributed by atoms with van der Waals surface area (Å²) in [5.74, 6) is -1.27. The number of rotatable bonds is 6. The molecule has 0 saturated heterocycles. The molecule has 1 aliphatic rings. The molecule has 0 aliphatic heterocycles. The van der Waals surface area contributed by atoms with E-state index in [2.05, 4.69) is 17.4 Å². The first-order valence-corrected chi connectivity index (χ1v) is 10.0. The summed E-state index contributed by atoms with van der Waals surface area (Å²) >= 11 is 0. The number of carbonyl (C=O) groups is 2. The number of nitrogens with one attached hydrogen (secondary N) is 1. The molecule has 0 spiro atoms. The number of fused-ring (bicyclic) bond motifs is 3. The van der Waals surface area contributed by atoms with E-state index in [4.69, 9.17) is 9.47 Å². The van der Waals surface area contributed by atoms with Crippen LogP contribution in [0.25, 0.3) is 11.1 Å². The first-order chi connectivity index (χ1) is 14.0. The number of carboxylic acid groups (broad SMARTS) is 1. The zero-order chi connectivity index (χ0) is 22.1. The Morgan fingerprint density at radius 3 is 1.93 bits per heavy atom. The van der Waals surface area contributed by atoms with Crippen molar-refractivity contribution < 1.29 is 24.2 Å². The third-order valence-corrected chi connectivity index (χ3v) is 5.12. The molecule has 30 heavy (non-hydrogen) atoms. The van der Waals surface area contributed by atoms with Gasteiger partial charge in [0.2, 0.25) is 0 Å². The Kier molecular flexibility index (Phi) is 5.90. The van der Waals surface area contributed by atoms with Gasteiger partial charge in [0.25, 0.3) is 0 Å². The van der Waals surface area contributed by atoms with Crippen molar-refractivity contribution in [2.75, 3.05) is 6.61 Å². The Morgan fingerprint density at radius 2 is 1.47 bits per heavy atom. The van der Waals surface area contributed by atoms with E-state index >= 15 is 0 Å². The summed E-state index contributed by atoms with van der Waals surface area (Å²) in [5.41, 5.74) is 2.75. The SMILES string of the molecule is CC(C)(C)OC(C)(C)[C@H](NC(=O)OCC1c2ccccc2-c2ccccc21)C(=O)O. The molecule has 0 bridgehead atoms. The average molecular weight is 411 g/mol. The van der Waals surface area contributed by atoms with Gasteiger partial charge in [0.05, 0.1) is 11.2 Å². The second-order valence-electron chi connectivity index (χ2n) is 9.06. The molecular formula is C24H29NO5. The van der Waals surface area contributed by atoms with E-state index < -0.39 is 29.3 Å². The molecule has 2 N–H and O–H groups in total. The number of alkyl carbamates (subject to hydrolysis) is 1. The molecule has 2 aromatic carbocycles. The molecular weight excluding hydrogens is 382 g/mol. The molecule has 0 unspecified atom stereocenters. The second-order valence-corrected chi connectivity index (χ2v) is 9.06. The number of aliphatic carboxylic acids is 1. The van der Waals surface area contributed by atoms with E-state index in [1.165, 1.54) is 0 Å². The lowest BCUT2D eigenvalue weighted by molar-refractivity contribution is -0.161. The maximum atomic E-state index is 12.5. The molecule has 0 fully saturated rings. The van der Waals surface area contributed by atoms with Crippen LogP contribution < -0.4 is 5.32 Å². The van der Waals surface area contributed by atoms with E-state index in [9.17, 15) is 14.7 Å². The molecule has 1 atom stereocenters. The minimum atomic E-state index is -1.26. The highest BCUT2D eigenvalue weighted by Crippen LogP contribution is 2.44. The smallest absolute Gasteiger partial charge is 0.407 e. The van der Waals surface area contributed by atoms with Crippen LogP contribution in [0.3, 0.4) is 0 Å². The lowest BCUT2D eigenvalue weighted by atomic mass is 9.97. The van der Waals surface area contributed by atoms with E-state index in [0.29, 0.717) is 0 Å². The summed E-state index contributed by atoms with van der Waals surface area (Å²) in [5, 5.41) is 12.1. The maximum Gasteiger partial charge on any atom is 0.407 e. The highest BCUT2D eigenvalue weighted by atomic mass is 16.6. The van der Waals surface area contributed by atoms with Crippen molar-refractivity contribution in [3.63, 3.8) is 0 Å². The summed E-state index contributed by atoms with van der Waals surface area (Å²) in [6.45, 7) is 8.90. The van der Waals surface area contributed by atoms with Crippen molar-refractivity contribution in [2.24, 2.45) is 0 Å². The number of benzene rings is 2. The third-order valence-electron chi connectivity index (χ3n) is 5.12. The molecule has 3 rings (SSSR count). The van der Waals surface area contributed by atoms with Crippen LogP contribution in [0.1, 0.15) is 51.7 Å². The predicted octanol–water partition coefficient (Wildman–Crippen LogP) is 4.57. The van der Waals surface area contributed by atoms with E-state index in [0.717, 1.165) is 22.3 Å². The van der Waals surface area contributed by atoms with Gasteiger partial charge in [0.1, 0.15) is 6.61 Å². The summed E-state index contributed by atoms with van der Waals surface area (Å²) in [6, 6.07) is 14.8. The number of carbonyl (C=O) groups excluding carboxylic acids is 1. The van der Waals surface area contributed by atoms with Gasteiger partial charge in [-0.05, 0) is 56.9 Å². The summed E-state index contributed by atoms with van der Waals surface area (Å²) in [4.78, 5) is 24.3. The van der Waals surface area contributed by atoms with Crippen molar-refractivity contribution in [3.05, 3.63) is 59.7 Å². The van der Waals surface area contributed by atoms with Gasteiger partial charge in [-0.25, -0.2) is 9.59 Å². The monoisotopic (exact) mass is 411 g/mol. The van der Waals surface area contributed by atoms with E-state index in [-0.39, 0.29) is 12.5 Å². The fourth-order valence-corrected chi connectivity index (χ4v) is 4.14. The second kappa shape index (κ2) is 8.11. The average Bonchev–Trinajstić information content (AvgIpc) is 2.96. The van der Waals surface area contributed by atoms with Gasteiger partial charge in [0.15, 0.2) is 6.04 Å². The molecule has 1 aliphatic carbocycles. The molecule has 0 aromatic heterocycles. The van der Waals surface area contributed by atoms with Crippen molar-refractivity contribution in [1.82, 2.24) is 5.32 Å². The Bertz CT molecular complexity index is 899. The van der Waals surface area contributed by atoms with Crippen LogP contribution in [0.15, 0.2) is 48.5 Å². The fraction of sp³-hybridized carbons (Fsp3) is 0.417. The molecule has 2 aromatic rings. The predicted molar refractivity (Wildman–Crippen MR) is 115 cm³/mol. The van der Waals surface area contributed by atoms with Crippen molar-refractivity contribution >= 4 is 12.1 Å².